The number of carboxylic acid groups (broad SMARTS) is 1. The van der Waals surface area contributed by atoms with Gasteiger partial charge in [0.15, 0.2) is 0 Å². The molecule has 1 aliphatic carbocycles. The van der Waals surface area contributed by atoms with Crippen LogP contribution in [0.5, 0.6) is 0 Å². The Balaban J connectivity index is 2.58. The summed E-state index contributed by atoms with van der Waals surface area (Å²) in [4.78, 5) is 23.5. The number of hydrogen-bond donors (Lipinski definition) is 2. The van der Waals surface area contributed by atoms with Gasteiger partial charge >= 0.3 is 5.97 Å². The van der Waals surface area contributed by atoms with Crippen LogP contribution in [0.15, 0.2) is 0 Å². The minimum atomic E-state index is -0.864. The first-order chi connectivity index (χ1) is 9.10. The molecule has 0 aromatic heterocycles. The molecule has 0 radical (unpaired) electrons. The molecule has 110 valence electrons. The fourth-order valence-corrected chi connectivity index (χ4v) is 2.71. The predicted molar refractivity (Wildman–Crippen MR) is 71.9 cm³/mol. The van der Waals surface area contributed by atoms with Crippen LogP contribution in [0, 0.1) is 5.41 Å². The highest BCUT2D eigenvalue weighted by Gasteiger charge is 2.39. The van der Waals surface area contributed by atoms with Crippen LogP contribution in [0.1, 0.15) is 51.4 Å². The summed E-state index contributed by atoms with van der Waals surface area (Å²) in [6.07, 6.45) is 6.43. The zero-order chi connectivity index (χ0) is 14.1. The lowest BCUT2D eigenvalue weighted by Gasteiger charge is -2.30. The largest absolute Gasteiger partial charge is 0.481 e. The SMILES string of the molecule is COCCNC(=O)CC1(C(=O)O)CCCCCCC1. The molecule has 0 saturated heterocycles. The van der Waals surface area contributed by atoms with Crippen molar-refractivity contribution in [2.24, 2.45) is 5.41 Å². The summed E-state index contributed by atoms with van der Waals surface area (Å²) in [5, 5.41) is 12.2. The third-order valence-corrected chi connectivity index (χ3v) is 3.89. The molecular formula is C14H25NO4. The minimum Gasteiger partial charge on any atom is -0.481 e. The normalized spacial score (nSPS) is 19.2. The van der Waals surface area contributed by atoms with Gasteiger partial charge in [-0.15, -0.1) is 0 Å². The zero-order valence-electron chi connectivity index (χ0n) is 11.7. The summed E-state index contributed by atoms with van der Waals surface area (Å²) >= 11 is 0. The van der Waals surface area contributed by atoms with Crippen LogP contribution in [0.4, 0.5) is 0 Å². The van der Waals surface area contributed by atoms with E-state index in [4.69, 9.17) is 4.74 Å². The van der Waals surface area contributed by atoms with Crippen LogP contribution in [-0.4, -0.2) is 37.2 Å². The van der Waals surface area contributed by atoms with Crippen molar-refractivity contribution in [2.45, 2.75) is 51.4 Å². The van der Waals surface area contributed by atoms with E-state index in [1.165, 1.54) is 6.42 Å². The highest BCUT2D eigenvalue weighted by atomic mass is 16.5. The van der Waals surface area contributed by atoms with Gasteiger partial charge in [0.2, 0.25) is 5.91 Å². The maximum atomic E-state index is 11.9. The summed E-state index contributed by atoms with van der Waals surface area (Å²) in [6, 6.07) is 0. The van der Waals surface area contributed by atoms with Crippen LogP contribution >= 0.6 is 0 Å². The van der Waals surface area contributed by atoms with E-state index in [1.54, 1.807) is 7.11 Å². The summed E-state index contributed by atoms with van der Waals surface area (Å²) in [7, 11) is 1.57. The van der Waals surface area contributed by atoms with Gasteiger partial charge in [0.05, 0.1) is 12.0 Å². The lowest BCUT2D eigenvalue weighted by atomic mass is 9.73. The Morgan fingerprint density at radius 2 is 1.74 bits per heavy atom. The first-order valence-corrected chi connectivity index (χ1v) is 7.10. The highest BCUT2D eigenvalue weighted by Crippen LogP contribution is 2.37. The lowest BCUT2D eigenvalue weighted by molar-refractivity contribution is -0.153. The van der Waals surface area contributed by atoms with Crippen LogP contribution in [0.2, 0.25) is 0 Å². The molecule has 19 heavy (non-hydrogen) atoms. The maximum absolute atomic E-state index is 11.9. The highest BCUT2D eigenvalue weighted by molar-refractivity contribution is 5.84. The molecular weight excluding hydrogens is 246 g/mol. The molecule has 0 aromatic rings. The first-order valence-electron chi connectivity index (χ1n) is 7.10. The van der Waals surface area contributed by atoms with Crippen LogP contribution in [0.3, 0.4) is 0 Å². The van der Waals surface area contributed by atoms with Gasteiger partial charge in [0.25, 0.3) is 0 Å². The molecule has 0 aromatic carbocycles. The number of hydrogen-bond acceptors (Lipinski definition) is 3. The summed E-state index contributed by atoms with van der Waals surface area (Å²) in [5.41, 5.74) is -0.864. The number of ether oxygens (including phenoxy) is 1. The van der Waals surface area contributed by atoms with E-state index < -0.39 is 11.4 Å². The molecule has 5 heteroatoms. The smallest absolute Gasteiger partial charge is 0.310 e. The van der Waals surface area contributed by atoms with Gasteiger partial charge in [-0.25, -0.2) is 0 Å². The van der Waals surface area contributed by atoms with E-state index in [0.29, 0.717) is 26.0 Å². The van der Waals surface area contributed by atoms with Crippen LogP contribution < -0.4 is 5.32 Å². The quantitative estimate of drug-likeness (QED) is 0.724. The number of methoxy groups -OCH3 is 1. The second-order valence-electron chi connectivity index (χ2n) is 5.37. The summed E-state index contributed by atoms with van der Waals surface area (Å²) in [6.45, 7) is 0.886. The van der Waals surface area contributed by atoms with E-state index >= 15 is 0 Å². The first kappa shape index (κ1) is 16.0. The van der Waals surface area contributed by atoms with Gasteiger partial charge in [0.1, 0.15) is 0 Å². The van der Waals surface area contributed by atoms with Gasteiger partial charge in [-0.1, -0.05) is 32.1 Å². The van der Waals surface area contributed by atoms with Crippen molar-refractivity contribution >= 4 is 11.9 Å². The Morgan fingerprint density at radius 3 is 2.26 bits per heavy atom. The number of rotatable bonds is 6. The molecule has 1 amide bonds. The fraction of sp³-hybridized carbons (Fsp3) is 0.857. The number of carbonyl (C=O) groups excluding carboxylic acids is 1. The van der Waals surface area contributed by atoms with Crippen LogP contribution in [0.25, 0.3) is 0 Å². The van der Waals surface area contributed by atoms with E-state index in [-0.39, 0.29) is 12.3 Å². The lowest BCUT2D eigenvalue weighted by Crippen LogP contribution is -2.39. The van der Waals surface area contributed by atoms with E-state index in [2.05, 4.69) is 5.32 Å². The molecule has 2 N–H and O–H groups in total. The fourth-order valence-electron chi connectivity index (χ4n) is 2.71. The molecule has 0 spiro atoms. The molecule has 1 aliphatic rings. The van der Waals surface area contributed by atoms with Gasteiger partial charge in [-0.2, -0.15) is 0 Å². The number of carboxylic acids is 1. The molecule has 0 unspecified atom stereocenters. The average molecular weight is 271 g/mol. The van der Waals surface area contributed by atoms with Crippen molar-refractivity contribution in [2.75, 3.05) is 20.3 Å². The predicted octanol–water partition coefficient (Wildman–Crippen LogP) is 1.95. The summed E-state index contributed by atoms with van der Waals surface area (Å²) in [5.74, 6) is -1.00. The summed E-state index contributed by atoms with van der Waals surface area (Å²) < 4.78 is 4.86. The van der Waals surface area contributed by atoms with E-state index in [0.717, 1.165) is 25.7 Å². The number of aliphatic carboxylic acids is 1. The number of amides is 1. The third-order valence-electron chi connectivity index (χ3n) is 3.89. The van der Waals surface area contributed by atoms with Gasteiger partial charge in [-0.3, -0.25) is 9.59 Å². The monoisotopic (exact) mass is 271 g/mol. The standard InChI is InChI=1S/C14H25NO4/c1-19-10-9-15-12(16)11-14(13(17)18)7-5-3-2-4-6-8-14/h2-11H2,1H3,(H,15,16)(H,17,18). The Hall–Kier alpha value is -1.10. The van der Waals surface area contributed by atoms with Crippen molar-refractivity contribution in [3.05, 3.63) is 0 Å². The molecule has 1 saturated carbocycles. The number of carbonyl (C=O) groups is 2. The Kier molecular flexibility index (Phi) is 6.84. The molecule has 1 rings (SSSR count). The molecule has 0 atom stereocenters. The topological polar surface area (TPSA) is 75.6 Å². The van der Waals surface area contributed by atoms with Crippen molar-refractivity contribution in [1.82, 2.24) is 5.32 Å². The zero-order valence-corrected chi connectivity index (χ0v) is 11.7. The van der Waals surface area contributed by atoms with Crippen molar-refractivity contribution in [1.29, 1.82) is 0 Å². The molecule has 0 heterocycles. The second kappa shape index (κ2) is 8.15. The van der Waals surface area contributed by atoms with Gasteiger partial charge in [-0.05, 0) is 12.8 Å². The van der Waals surface area contributed by atoms with Crippen molar-refractivity contribution in [3.8, 4) is 0 Å². The van der Waals surface area contributed by atoms with Crippen molar-refractivity contribution in [3.63, 3.8) is 0 Å². The third kappa shape index (κ3) is 5.19. The van der Waals surface area contributed by atoms with Gasteiger partial charge in [0, 0.05) is 20.1 Å². The van der Waals surface area contributed by atoms with Crippen LogP contribution in [-0.2, 0) is 14.3 Å². The Morgan fingerprint density at radius 1 is 1.16 bits per heavy atom. The Bertz CT molecular complexity index is 296. The minimum absolute atomic E-state index is 0.0893. The van der Waals surface area contributed by atoms with Gasteiger partial charge < -0.3 is 15.2 Å². The van der Waals surface area contributed by atoms with Crippen molar-refractivity contribution < 1.29 is 19.4 Å². The molecule has 0 aliphatic heterocycles. The Labute approximate surface area is 114 Å². The second-order valence-corrected chi connectivity index (χ2v) is 5.37. The molecule has 5 nitrogen and oxygen atoms in total. The average Bonchev–Trinajstić information content (AvgIpc) is 2.32. The van der Waals surface area contributed by atoms with E-state index in [1.807, 2.05) is 0 Å². The molecule has 0 bridgehead atoms. The number of nitrogens with one attached hydrogen (secondary N) is 1. The van der Waals surface area contributed by atoms with E-state index in [9.17, 15) is 14.7 Å². The molecule has 1 fully saturated rings. The maximum Gasteiger partial charge on any atom is 0.310 e.